The smallest absolute Gasteiger partial charge is 0.403 e. The molecule has 20 heavy (non-hydrogen) atoms. The highest BCUT2D eigenvalue weighted by Gasteiger charge is 2.62. The summed E-state index contributed by atoms with van der Waals surface area (Å²) >= 11 is 0. The maximum Gasteiger partial charge on any atom is 0.426 e. The van der Waals surface area contributed by atoms with Crippen LogP contribution in [0.15, 0.2) is 12.4 Å². The number of ether oxygens (including phenoxy) is 1. The Morgan fingerprint density at radius 2 is 1.90 bits per heavy atom. The van der Waals surface area contributed by atoms with Crippen molar-refractivity contribution in [2.45, 2.75) is 18.3 Å². The molecule has 1 aromatic rings. The van der Waals surface area contributed by atoms with E-state index in [0.717, 1.165) is 12.4 Å². The van der Waals surface area contributed by atoms with Crippen LogP contribution in [0.25, 0.3) is 0 Å². The molecule has 0 spiro atoms. The molecule has 3 N–H and O–H groups in total. The van der Waals surface area contributed by atoms with Crippen molar-refractivity contribution in [1.82, 2.24) is 9.97 Å². The number of alkyl halides is 6. The minimum absolute atomic E-state index is 0.168. The van der Waals surface area contributed by atoms with E-state index in [0.29, 0.717) is 0 Å². The van der Waals surface area contributed by atoms with E-state index in [2.05, 4.69) is 14.7 Å². The van der Waals surface area contributed by atoms with Gasteiger partial charge in [-0.25, -0.2) is 25.0 Å². The number of hydrogen-bond donors (Lipinski definition) is 2. The monoisotopic (exact) mass is 304 g/mol. The van der Waals surface area contributed by atoms with Gasteiger partial charge >= 0.3 is 18.1 Å². The lowest BCUT2D eigenvalue weighted by Gasteiger charge is -2.20. The summed E-state index contributed by atoms with van der Waals surface area (Å²) in [5, 5.41) is 0. The summed E-state index contributed by atoms with van der Waals surface area (Å²) in [5.74, 6) is -4.26. The van der Waals surface area contributed by atoms with Gasteiger partial charge in [0, 0.05) is 6.07 Å². The van der Waals surface area contributed by atoms with Crippen molar-refractivity contribution in [2.24, 2.45) is 5.84 Å². The summed E-state index contributed by atoms with van der Waals surface area (Å²) in [6.45, 7) is 0. The third kappa shape index (κ3) is 3.46. The van der Waals surface area contributed by atoms with Crippen LogP contribution in [0.1, 0.15) is 0 Å². The Labute approximate surface area is 106 Å². The largest absolute Gasteiger partial charge is 0.426 e. The number of halogens is 6. The molecular weight excluding hydrogens is 298 g/mol. The first-order valence-electron chi connectivity index (χ1n) is 4.68. The molecule has 1 atom stereocenters. The zero-order chi connectivity index (χ0) is 15.6. The molecule has 6 nitrogen and oxygen atoms in total. The minimum Gasteiger partial charge on any atom is -0.403 e. The molecule has 1 unspecified atom stereocenters. The molecule has 0 aliphatic carbocycles. The van der Waals surface area contributed by atoms with Crippen LogP contribution in [0.5, 0.6) is 5.88 Å². The number of nitrogens with one attached hydrogen (secondary N) is 1. The second-order valence-corrected chi connectivity index (χ2v) is 3.30. The lowest BCUT2D eigenvalue weighted by molar-refractivity contribution is -0.246. The maximum absolute atomic E-state index is 12.9. The fourth-order valence-corrected chi connectivity index (χ4v) is 0.946. The first-order valence-corrected chi connectivity index (χ1v) is 4.68. The number of esters is 1. The van der Waals surface area contributed by atoms with Gasteiger partial charge in [-0.1, -0.05) is 0 Å². The molecule has 0 aliphatic rings. The molecule has 0 saturated carbocycles. The molecule has 0 fully saturated rings. The number of rotatable bonds is 4. The molecular formula is C8H6F6N4O2. The fourth-order valence-electron chi connectivity index (χ4n) is 0.946. The van der Waals surface area contributed by atoms with E-state index in [1.807, 2.05) is 5.43 Å². The second kappa shape index (κ2) is 5.48. The van der Waals surface area contributed by atoms with Crippen molar-refractivity contribution in [3.8, 4) is 5.88 Å². The van der Waals surface area contributed by atoms with Gasteiger partial charge in [-0.2, -0.15) is 22.0 Å². The number of anilines is 1. The number of carbonyl (C=O) groups is 1. The van der Waals surface area contributed by atoms with Crippen molar-refractivity contribution < 1.29 is 35.9 Å². The van der Waals surface area contributed by atoms with Crippen LogP contribution in [0.3, 0.4) is 0 Å². The summed E-state index contributed by atoms with van der Waals surface area (Å²) in [6, 6.07) is 0.745. The third-order valence-corrected chi connectivity index (χ3v) is 1.86. The number of nitrogen functional groups attached to an aromatic ring is 1. The number of hydrazine groups is 1. The minimum atomic E-state index is -5.92. The van der Waals surface area contributed by atoms with Gasteiger partial charge in [0.05, 0.1) is 0 Å². The molecule has 12 heteroatoms. The molecule has 0 saturated heterocycles. The number of carbonyl (C=O) groups excluding carboxylic acids is 1. The summed E-state index contributed by atoms with van der Waals surface area (Å²) in [7, 11) is 0. The van der Waals surface area contributed by atoms with Crippen LogP contribution in [0.2, 0.25) is 0 Å². The lowest BCUT2D eigenvalue weighted by Crippen LogP contribution is -2.49. The fraction of sp³-hybridized carbons (Fsp3) is 0.375. The zero-order valence-electron chi connectivity index (χ0n) is 9.29. The Hall–Kier alpha value is -2.11. The van der Waals surface area contributed by atoms with Gasteiger partial charge in [0.15, 0.2) is 0 Å². The van der Waals surface area contributed by atoms with Crippen molar-refractivity contribution in [3.63, 3.8) is 0 Å². The topological polar surface area (TPSA) is 90.1 Å². The van der Waals surface area contributed by atoms with Crippen LogP contribution >= 0.6 is 0 Å². The number of hydrogen-bond acceptors (Lipinski definition) is 6. The number of aromatic nitrogens is 2. The molecule has 0 bridgehead atoms. The molecule has 112 valence electrons. The lowest BCUT2D eigenvalue weighted by atomic mass is 10.2. The van der Waals surface area contributed by atoms with E-state index in [1.165, 1.54) is 0 Å². The standard InChI is InChI=1S/C8H6F6N4O2/c9-5(8(12,13)14)7(10,11)6(19)20-4-1-3(18-15)16-2-17-4/h1-2,5H,15H2,(H,16,17,18). The molecule has 0 aromatic carbocycles. The van der Waals surface area contributed by atoms with Crippen LogP contribution in [-0.4, -0.2) is 34.2 Å². The van der Waals surface area contributed by atoms with Gasteiger partial charge < -0.3 is 10.2 Å². The highest BCUT2D eigenvalue weighted by atomic mass is 19.4. The van der Waals surface area contributed by atoms with Crippen molar-refractivity contribution in [2.75, 3.05) is 5.43 Å². The average molecular weight is 304 g/mol. The Bertz CT molecular complexity index is 494. The normalized spacial score (nSPS) is 13.8. The quantitative estimate of drug-likeness (QED) is 0.376. The van der Waals surface area contributed by atoms with Crippen molar-refractivity contribution in [3.05, 3.63) is 12.4 Å². The highest BCUT2D eigenvalue weighted by molar-refractivity contribution is 5.80. The van der Waals surface area contributed by atoms with E-state index in [9.17, 15) is 31.1 Å². The van der Waals surface area contributed by atoms with E-state index in [1.54, 1.807) is 0 Å². The van der Waals surface area contributed by atoms with E-state index in [4.69, 9.17) is 5.84 Å². The predicted molar refractivity (Wildman–Crippen MR) is 51.4 cm³/mol. The van der Waals surface area contributed by atoms with Gasteiger partial charge in [-0.15, -0.1) is 0 Å². The Kier molecular flexibility index (Phi) is 4.37. The predicted octanol–water partition coefficient (Wildman–Crippen LogP) is 1.20. The van der Waals surface area contributed by atoms with Gasteiger partial charge in [0.1, 0.15) is 12.1 Å². The number of nitrogens with two attached hydrogens (primary N) is 1. The molecule has 1 rings (SSSR count). The van der Waals surface area contributed by atoms with E-state index in [-0.39, 0.29) is 5.82 Å². The first-order chi connectivity index (χ1) is 9.09. The Morgan fingerprint density at radius 3 is 2.40 bits per heavy atom. The molecule has 0 radical (unpaired) electrons. The van der Waals surface area contributed by atoms with E-state index >= 15 is 0 Å². The molecule has 0 amide bonds. The first kappa shape index (κ1) is 15.9. The Morgan fingerprint density at radius 1 is 1.30 bits per heavy atom. The summed E-state index contributed by atoms with van der Waals surface area (Å²) in [4.78, 5) is 17.5. The molecule has 1 heterocycles. The molecule has 0 aliphatic heterocycles. The number of nitrogens with zero attached hydrogens (tertiary/aromatic N) is 2. The Balaban J connectivity index is 2.89. The summed E-state index contributed by atoms with van der Waals surface area (Å²) < 4.78 is 77.8. The average Bonchev–Trinajstić information content (AvgIpc) is 2.36. The van der Waals surface area contributed by atoms with E-state index < -0.39 is 30.1 Å². The summed E-state index contributed by atoms with van der Waals surface area (Å²) in [5.41, 5.74) is 1.94. The molecule has 1 aromatic heterocycles. The SMILES string of the molecule is NNc1cc(OC(=O)C(F)(F)C(F)C(F)(F)F)ncn1. The van der Waals surface area contributed by atoms with Crippen LogP contribution in [-0.2, 0) is 4.79 Å². The van der Waals surface area contributed by atoms with Crippen LogP contribution in [0, 0.1) is 0 Å². The third-order valence-electron chi connectivity index (χ3n) is 1.86. The van der Waals surface area contributed by atoms with Crippen molar-refractivity contribution in [1.29, 1.82) is 0 Å². The van der Waals surface area contributed by atoms with Gasteiger partial charge in [-0.3, -0.25) is 0 Å². The van der Waals surface area contributed by atoms with Gasteiger partial charge in [0.25, 0.3) is 6.17 Å². The van der Waals surface area contributed by atoms with Gasteiger partial charge in [0.2, 0.25) is 5.88 Å². The summed E-state index contributed by atoms with van der Waals surface area (Å²) in [6.07, 6.45) is -9.89. The van der Waals surface area contributed by atoms with Crippen LogP contribution < -0.4 is 16.0 Å². The zero-order valence-corrected chi connectivity index (χ0v) is 9.29. The van der Waals surface area contributed by atoms with Gasteiger partial charge in [-0.05, 0) is 0 Å². The van der Waals surface area contributed by atoms with Crippen molar-refractivity contribution >= 4 is 11.8 Å². The maximum atomic E-state index is 12.9. The van der Waals surface area contributed by atoms with Crippen LogP contribution in [0.4, 0.5) is 32.2 Å². The highest BCUT2D eigenvalue weighted by Crippen LogP contribution is 2.35. The second-order valence-electron chi connectivity index (χ2n) is 3.30.